The van der Waals surface area contributed by atoms with Crippen LogP contribution in [0, 0.1) is 0 Å². The summed E-state index contributed by atoms with van der Waals surface area (Å²) in [6.07, 6.45) is 2.33. The molecule has 1 N–H and O–H groups in total. The lowest BCUT2D eigenvalue weighted by Gasteiger charge is -2.28. The number of hydrogen-bond acceptors (Lipinski definition) is 7. The second-order valence-corrected chi connectivity index (χ2v) is 8.92. The number of rotatable bonds is 8. The molecule has 8 nitrogen and oxygen atoms in total. The molecule has 4 rings (SSSR count). The minimum Gasteiger partial charge on any atom is -0.493 e. The largest absolute Gasteiger partial charge is 0.493 e. The molecule has 0 saturated carbocycles. The highest BCUT2D eigenvalue weighted by Gasteiger charge is 2.30. The van der Waals surface area contributed by atoms with Crippen LogP contribution >= 0.6 is 11.8 Å². The first-order chi connectivity index (χ1) is 17.0. The molecule has 1 atom stereocenters. The van der Waals surface area contributed by atoms with E-state index in [2.05, 4.69) is 10.3 Å². The topological polar surface area (TPSA) is 93.1 Å². The van der Waals surface area contributed by atoms with Crippen LogP contribution in [-0.2, 0) is 6.54 Å². The molecule has 2 heterocycles. The number of ether oxygens (including phenoxy) is 2. The Kier molecular flexibility index (Phi) is 7.67. The van der Waals surface area contributed by atoms with Gasteiger partial charge in [0.1, 0.15) is 5.69 Å². The predicted octanol–water partition coefficient (Wildman–Crippen LogP) is 5.20. The summed E-state index contributed by atoms with van der Waals surface area (Å²) in [5.41, 5.74) is 3.46. The number of hydrogen-bond donors (Lipinski definition) is 1. The Hall–Kier alpha value is -3.85. The normalized spacial score (nSPS) is 15.4. The molecule has 0 aliphatic carbocycles. The molecule has 1 aliphatic rings. The van der Waals surface area contributed by atoms with Gasteiger partial charge in [0.05, 0.1) is 31.7 Å². The van der Waals surface area contributed by atoms with Crippen LogP contribution in [0.3, 0.4) is 0 Å². The Bertz CT molecular complexity index is 1250. The number of carbonyl (C=O) groups excluding carboxylic acids is 2. The monoisotopic (exact) mass is 490 g/mol. The fourth-order valence-corrected chi connectivity index (χ4v) is 4.63. The average Bonchev–Trinajstić information content (AvgIpc) is 2.89. The second kappa shape index (κ2) is 11.1. The van der Waals surface area contributed by atoms with Crippen molar-refractivity contribution in [3.05, 3.63) is 83.7 Å². The fourth-order valence-electron chi connectivity index (χ4n) is 3.70. The Morgan fingerprint density at radius 2 is 1.89 bits per heavy atom. The minimum absolute atomic E-state index is 0.0687. The van der Waals surface area contributed by atoms with E-state index in [9.17, 15) is 9.59 Å². The van der Waals surface area contributed by atoms with Gasteiger partial charge in [0.25, 0.3) is 5.91 Å². The van der Waals surface area contributed by atoms with E-state index in [1.54, 1.807) is 44.7 Å². The lowest BCUT2D eigenvalue weighted by atomic mass is 10.0. The molecular formula is C26H26N4O4S. The molecular weight excluding hydrogens is 464 g/mol. The van der Waals surface area contributed by atoms with Gasteiger partial charge in [0.2, 0.25) is 0 Å². The third-order valence-corrected chi connectivity index (χ3v) is 6.71. The second-order valence-electron chi connectivity index (χ2n) is 7.76. The molecule has 2 aromatic carbocycles. The Morgan fingerprint density at radius 3 is 2.60 bits per heavy atom. The van der Waals surface area contributed by atoms with E-state index < -0.39 is 0 Å². The van der Waals surface area contributed by atoms with E-state index >= 15 is 0 Å². The van der Waals surface area contributed by atoms with Crippen molar-refractivity contribution in [1.29, 1.82) is 0 Å². The third kappa shape index (κ3) is 5.63. The molecule has 0 radical (unpaired) electrons. The number of pyridine rings is 1. The summed E-state index contributed by atoms with van der Waals surface area (Å²) in [7, 11) is 3.18. The van der Waals surface area contributed by atoms with E-state index in [0.717, 1.165) is 23.3 Å². The van der Waals surface area contributed by atoms with E-state index in [-0.39, 0.29) is 22.9 Å². The number of carbonyl (C=O) groups is 2. The Labute approximate surface area is 208 Å². The van der Waals surface area contributed by atoms with Crippen LogP contribution < -0.4 is 14.8 Å². The minimum atomic E-state index is -0.299. The van der Waals surface area contributed by atoms with Crippen molar-refractivity contribution in [1.82, 2.24) is 9.99 Å². The zero-order valence-corrected chi connectivity index (χ0v) is 20.5. The number of methoxy groups -OCH3 is 2. The number of thioether (sulfide) groups is 1. The predicted molar refractivity (Wildman–Crippen MR) is 137 cm³/mol. The van der Waals surface area contributed by atoms with E-state index in [0.29, 0.717) is 22.9 Å². The lowest BCUT2D eigenvalue weighted by molar-refractivity contribution is 0.102. The first-order valence-corrected chi connectivity index (χ1v) is 12.0. The van der Waals surface area contributed by atoms with Crippen molar-refractivity contribution in [3.8, 4) is 11.5 Å². The highest BCUT2D eigenvalue weighted by Crippen LogP contribution is 2.33. The molecule has 35 heavy (non-hydrogen) atoms. The van der Waals surface area contributed by atoms with Gasteiger partial charge in [-0.25, -0.2) is 5.01 Å². The van der Waals surface area contributed by atoms with Gasteiger partial charge < -0.3 is 14.8 Å². The Balaban J connectivity index is 1.57. The van der Waals surface area contributed by atoms with Crippen molar-refractivity contribution in [2.45, 2.75) is 25.1 Å². The number of aromatic nitrogens is 1. The molecule has 0 spiro atoms. The first-order valence-electron chi connectivity index (χ1n) is 11.1. The van der Waals surface area contributed by atoms with Gasteiger partial charge >= 0.3 is 5.24 Å². The SMILES string of the molecule is CCC1SC(=O)N(Cc2cccc(NC(=O)c3ccccn3)c2)N=C1c1ccc(OC)c(OC)c1. The maximum absolute atomic E-state index is 12.9. The summed E-state index contributed by atoms with van der Waals surface area (Å²) >= 11 is 1.26. The van der Waals surface area contributed by atoms with E-state index in [1.807, 2.05) is 43.3 Å². The van der Waals surface area contributed by atoms with Gasteiger partial charge in [0.15, 0.2) is 11.5 Å². The van der Waals surface area contributed by atoms with Gasteiger partial charge in [0, 0.05) is 17.4 Å². The number of amides is 2. The summed E-state index contributed by atoms with van der Waals surface area (Å²) < 4.78 is 10.8. The summed E-state index contributed by atoms with van der Waals surface area (Å²) in [4.78, 5) is 29.4. The standard InChI is InChI=1S/C26H26N4O4S/c1-4-23-24(18-11-12-21(33-2)22(15-18)34-3)29-30(26(32)35-23)16-17-8-7-9-19(14-17)28-25(31)20-10-5-6-13-27-20/h5-15,23H,4,16H2,1-3H3,(H,28,31). The zero-order chi connectivity index (χ0) is 24.8. The third-order valence-electron chi connectivity index (χ3n) is 5.45. The number of nitrogens with zero attached hydrogens (tertiary/aromatic N) is 3. The smallest absolute Gasteiger partial charge is 0.302 e. The summed E-state index contributed by atoms with van der Waals surface area (Å²) in [5, 5.41) is 8.86. The summed E-state index contributed by atoms with van der Waals surface area (Å²) in [6.45, 7) is 2.30. The van der Waals surface area contributed by atoms with Crippen LogP contribution in [0.4, 0.5) is 10.5 Å². The number of anilines is 1. The molecule has 180 valence electrons. The Morgan fingerprint density at radius 1 is 1.06 bits per heavy atom. The zero-order valence-electron chi connectivity index (χ0n) is 19.7. The fraction of sp³-hybridized carbons (Fsp3) is 0.231. The maximum atomic E-state index is 12.9. The van der Waals surface area contributed by atoms with Crippen LogP contribution in [0.15, 0.2) is 72.0 Å². The van der Waals surface area contributed by atoms with Gasteiger partial charge in [-0.3, -0.25) is 14.6 Å². The van der Waals surface area contributed by atoms with Crippen molar-refractivity contribution in [2.24, 2.45) is 5.10 Å². The van der Waals surface area contributed by atoms with Crippen molar-refractivity contribution in [3.63, 3.8) is 0 Å². The van der Waals surface area contributed by atoms with Gasteiger partial charge in [-0.05, 0) is 54.4 Å². The molecule has 0 fully saturated rings. The molecule has 1 aliphatic heterocycles. The van der Waals surface area contributed by atoms with Crippen molar-refractivity contribution in [2.75, 3.05) is 19.5 Å². The van der Waals surface area contributed by atoms with Crippen LogP contribution in [0.25, 0.3) is 0 Å². The van der Waals surface area contributed by atoms with Gasteiger partial charge in [-0.15, -0.1) is 0 Å². The van der Waals surface area contributed by atoms with Crippen LogP contribution in [0.2, 0.25) is 0 Å². The van der Waals surface area contributed by atoms with E-state index in [1.165, 1.54) is 16.8 Å². The lowest BCUT2D eigenvalue weighted by Crippen LogP contribution is -2.34. The van der Waals surface area contributed by atoms with Gasteiger partial charge in [-0.1, -0.05) is 36.9 Å². The van der Waals surface area contributed by atoms with Gasteiger partial charge in [-0.2, -0.15) is 5.10 Å². The highest BCUT2D eigenvalue weighted by molar-refractivity contribution is 8.14. The highest BCUT2D eigenvalue weighted by atomic mass is 32.2. The van der Waals surface area contributed by atoms with Crippen LogP contribution in [-0.4, -0.2) is 46.3 Å². The first kappa shape index (κ1) is 24.3. The molecule has 1 aromatic heterocycles. The van der Waals surface area contributed by atoms with Crippen molar-refractivity contribution < 1.29 is 19.1 Å². The summed E-state index contributed by atoms with van der Waals surface area (Å²) in [5.74, 6) is 0.935. The number of hydrazone groups is 1. The van der Waals surface area contributed by atoms with Crippen LogP contribution in [0.5, 0.6) is 11.5 Å². The molecule has 1 unspecified atom stereocenters. The van der Waals surface area contributed by atoms with E-state index in [4.69, 9.17) is 14.6 Å². The molecule has 9 heteroatoms. The number of benzene rings is 2. The summed E-state index contributed by atoms with van der Waals surface area (Å²) in [6, 6.07) is 18.2. The molecule has 0 saturated heterocycles. The molecule has 0 bridgehead atoms. The average molecular weight is 491 g/mol. The quantitative estimate of drug-likeness (QED) is 0.466. The number of nitrogens with one attached hydrogen (secondary N) is 1. The maximum Gasteiger partial charge on any atom is 0.302 e. The molecule has 2 amide bonds. The van der Waals surface area contributed by atoms with Crippen molar-refractivity contribution >= 4 is 34.3 Å². The van der Waals surface area contributed by atoms with Crippen LogP contribution in [0.1, 0.15) is 35.0 Å². The molecule has 3 aromatic rings.